The molecule has 0 aromatic heterocycles. The van der Waals surface area contributed by atoms with E-state index in [-0.39, 0.29) is 12.2 Å². The summed E-state index contributed by atoms with van der Waals surface area (Å²) in [5.74, 6) is 0.910. The van der Waals surface area contributed by atoms with E-state index in [1.54, 1.807) is 14.2 Å². The third-order valence-electron chi connectivity index (χ3n) is 5.30. The lowest BCUT2D eigenvalue weighted by atomic mass is 10.0. The molecule has 0 bridgehead atoms. The van der Waals surface area contributed by atoms with Crippen LogP contribution in [0.1, 0.15) is 31.9 Å². The van der Waals surface area contributed by atoms with Crippen LogP contribution < -0.4 is 9.64 Å². The zero-order chi connectivity index (χ0) is 21.0. The van der Waals surface area contributed by atoms with E-state index in [9.17, 15) is 4.79 Å². The number of methoxy groups -OCH3 is 2. The first kappa shape index (κ1) is 21.7. The van der Waals surface area contributed by atoms with Crippen molar-refractivity contribution in [3.63, 3.8) is 0 Å². The predicted octanol–water partition coefficient (Wildman–Crippen LogP) is 2.88. The Balaban J connectivity index is 1.75. The first-order valence-corrected chi connectivity index (χ1v) is 10.3. The van der Waals surface area contributed by atoms with E-state index >= 15 is 0 Å². The van der Waals surface area contributed by atoms with Crippen molar-refractivity contribution in [2.24, 2.45) is 0 Å². The molecule has 1 amide bonds. The molecule has 0 aliphatic carbocycles. The highest BCUT2D eigenvalue weighted by Gasteiger charge is 2.27. The van der Waals surface area contributed by atoms with Crippen LogP contribution >= 0.6 is 0 Å². The molecule has 7 nitrogen and oxygen atoms in total. The number of ether oxygens (including phenoxy) is 4. The Morgan fingerprint density at radius 2 is 1.83 bits per heavy atom. The summed E-state index contributed by atoms with van der Waals surface area (Å²) in [6, 6.07) is 4.37. The van der Waals surface area contributed by atoms with Crippen molar-refractivity contribution in [2.75, 3.05) is 58.5 Å². The van der Waals surface area contributed by atoms with Crippen molar-refractivity contribution in [3.8, 4) is 5.75 Å². The minimum Gasteiger partial charge on any atom is -0.490 e. The molecule has 0 radical (unpaired) electrons. The van der Waals surface area contributed by atoms with Crippen molar-refractivity contribution in [1.82, 2.24) is 4.90 Å². The third kappa shape index (κ3) is 5.54. The van der Waals surface area contributed by atoms with Crippen LogP contribution in [0.5, 0.6) is 5.75 Å². The molecule has 7 heteroatoms. The van der Waals surface area contributed by atoms with E-state index < -0.39 is 5.60 Å². The zero-order valence-electron chi connectivity index (χ0n) is 18.3. The van der Waals surface area contributed by atoms with Crippen LogP contribution in [0.4, 0.5) is 10.5 Å². The summed E-state index contributed by atoms with van der Waals surface area (Å²) in [5.41, 5.74) is 3.13. The number of carbonyl (C=O) groups is 1. The highest BCUT2D eigenvalue weighted by Crippen LogP contribution is 2.36. The van der Waals surface area contributed by atoms with E-state index in [2.05, 4.69) is 17.0 Å². The summed E-state index contributed by atoms with van der Waals surface area (Å²) in [4.78, 5) is 16.6. The highest BCUT2D eigenvalue weighted by molar-refractivity contribution is 5.69. The van der Waals surface area contributed by atoms with Gasteiger partial charge in [-0.3, -0.25) is 0 Å². The van der Waals surface area contributed by atoms with Gasteiger partial charge in [-0.25, -0.2) is 4.79 Å². The summed E-state index contributed by atoms with van der Waals surface area (Å²) >= 11 is 0. The number of fused-ring (bicyclic) bond motifs is 2. The van der Waals surface area contributed by atoms with Crippen LogP contribution in [0.15, 0.2) is 12.1 Å². The Morgan fingerprint density at radius 1 is 1.14 bits per heavy atom. The molecule has 0 fully saturated rings. The number of rotatable bonds is 5. The number of nitrogens with zero attached hydrogens (tertiary/aromatic N) is 2. The summed E-state index contributed by atoms with van der Waals surface area (Å²) < 4.78 is 22.3. The average Bonchev–Trinajstić information content (AvgIpc) is 2.87. The van der Waals surface area contributed by atoms with Gasteiger partial charge in [0, 0.05) is 33.9 Å². The minimum absolute atomic E-state index is 0.00687. The summed E-state index contributed by atoms with van der Waals surface area (Å²) in [7, 11) is 3.41. The molecule has 162 valence electrons. The average molecular weight is 407 g/mol. The van der Waals surface area contributed by atoms with Crippen LogP contribution in [-0.2, 0) is 27.1 Å². The van der Waals surface area contributed by atoms with E-state index in [1.807, 2.05) is 25.7 Å². The molecule has 0 N–H and O–H groups in total. The fraction of sp³-hybridized carbons (Fsp3) is 0.682. The smallest absolute Gasteiger partial charge is 0.410 e. The fourth-order valence-corrected chi connectivity index (χ4v) is 3.82. The maximum atomic E-state index is 12.5. The summed E-state index contributed by atoms with van der Waals surface area (Å²) in [6.07, 6.45) is 1.37. The quantitative estimate of drug-likeness (QED) is 0.749. The molecule has 2 aliphatic rings. The monoisotopic (exact) mass is 406 g/mol. The lowest BCUT2D eigenvalue weighted by molar-refractivity contribution is 0.0258. The van der Waals surface area contributed by atoms with Crippen molar-refractivity contribution < 1.29 is 23.7 Å². The number of anilines is 1. The van der Waals surface area contributed by atoms with Gasteiger partial charge in [-0.05, 0) is 56.9 Å². The van der Waals surface area contributed by atoms with Crippen molar-refractivity contribution >= 4 is 11.8 Å². The molecule has 3 rings (SSSR count). The Kier molecular flexibility index (Phi) is 6.90. The number of hydrogen-bond donors (Lipinski definition) is 0. The van der Waals surface area contributed by atoms with Crippen LogP contribution in [0.25, 0.3) is 0 Å². The second-order valence-electron chi connectivity index (χ2n) is 8.66. The molecule has 1 aromatic rings. The Morgan fingerprint density at radius 3 is 2.45 bits per heavy atom. The van der Waals surface area contributed by atoms with Gasteiger partial charge in [0.1, 0.15) is 18.0 Å². The van der Waals surface area contributed by atoms with Crippen molar-refractivity contribution in [1.29, 1.82) is 0 Å². The summed E-state index contributed by atoms with van der Waals surface area (Å²) in [5, 5.41) is 0. The SMILES string of the molecule is COC[C@@H](CN1CCOc2cc3c(cc21)CCN(C(=O)OC(C)(C)C)CC3)OC. The number of amides is 1. The van der Waals surface area contributed by atoms with E-state index in [0.717, 1.165) is 37.4 Å². The normalized spacial score (nSPS) is 17.7. The van der Waals surface area contributed by atoms with E-state index in [4.69, 9.17) is 18.9 Å². The van der Waals surface area contributed by atoms with Gasteiger partial charge in [-0.15, -0.1) is 0 Å². The van der Waals surface area contributed by atoms with Gasteiger partial charge in [0.25, 0.3) is 0 Å². The predicted molar refractivity (Wildman–Crippen MR) is 112 cm³/mol. The third-order valence-corrected chi connectivity index (χ3v) is 5.30. The zero-order valence-corrected chi connectivity index (χ0v) is 18.3. The fourth-order valence-electron chi connectivity index (χ4n) is 3.82. The molecule has 0 saturated heterocycles. The minimum atomic E-state index is -0.482. The van der Waals surface area contributed by atoms with Crippen LogP contribution in [0, 0.1) is 0 Å². The molecule has 2 aliphatic heterocycles. The lowest BCUT2D eigenvalue weighted by Crippen LogP contribution is -2.40. The molecule has 1 aromatic carbocycles. The Hall–Kier alpha value is -1.99. The van der Waals surface area contributed by atoms with Gasteiger partial charge in [0.05, 0.1) is 24.9 Å². The van der Waals surface area contributed by atoms with Gasteiger partial charge in [0.15, 0.2) is 0 Å². The number of carbonyl (C=O) groups excluding carboxylic acids is 1. The van der Waals surface area contributed by atoms with Gasteiger partial charge in [0.2, 0.25) is 0 Å². The second-order valence-corrected chi connectivity index (χ2v) is 8.66. The standard InChI is InChI=1S/C22H34N2O5/c1-22(2,3)29-21(25)23-8-6-16-12-19-20(13-17(16)7-9-23)28-11-10-24(19)14-18(27-5)15-26-4/h12-13,18H,6-11,14-15H2,1-5H3/t18-/m1/s1. The number of benzene rings is 1. The second kappa shape index (κ2) is 9.22. The lowest BCUT2D eigenvalue weighted by Gasteiger charge is -2.34. The summed E-state index contributed by atoms with van der Waals surface area (Å²) in [6.45, 7) is 9.79. The van der Waals surface area contributed by atoms with Crippen LogP contribution in [-0.4, -0.2) is 76.3 Å². The first-order valence-electron chi connectivity index (χ1n) is 10.3. The molecule has 1 atom stereocenters. The molecular formula is C22H34N2O5. The highest BCUT2D eigenvalue weighted by atomic mass is 16.6. The Bertz CT molecular complexity index is 716. The van der Waals surface area contributed by atoms with Gasteiger partial charge in [-0.2, -0.15) is 0 Å². The largest absolute Gasteiger partial charge is 0.490 e. The number of hydrogen-bond acceptors (Lipinski definition) is 6. The maximum Gasteiger partial charge on any atom is 0.410 e. The Labute approximate surface area is 173 Å². The molecular weight excluding hydrogens is 372 g/mol. The topological polar surface area (TPSA) is 60.5 Å². The molecule has 0 unspecified atom stereocenters. The van der Waals surface area contributed by atoms with Crippen LogP contribution in [0.3, 0.4) is 0 Å². The van der Waals surface area contributed by atoms with Gasteiger partial charge in [-0.1, -0.05) is 0 Å². The first-order chi connectivity index (χ1) is 13.8. The maximum absolute atomic E-state index is 12.5. The van der Waals surface area contributed by atoms with Gasteiger partial charge < -0.3 is 28.7 Å². The molecule has 0 saturated carbocycles. The van der Waals surface area contributed by atoms with Crippen molar-refractivity contribution in [3.05, 3.63) is 23.3 Å². The molecule has 2 heterocycles. The molecule has 0 spiro atoms. The van der Waals surface area contributed by atoms with Crippen molar-refractivity contribution in [2.45, 2.75) is 45.3 Å². The molecule has 29 heavy (non-hydrogen) atoms. The van der Waals surface area contributed by atoms with E-state index in [1.165, 1.54) is 11.1 Å². The van der Waals surface area contributed by atoms with Crippen LogP contribution in [0.2, 0.25) is 0 Å². The van der Waals surface area contributed by atoms with E-state index in [0.29, 0.717) is 26.3 Å². The van der Waals surface area contributed by atoms with Gasteiger partial charge >= 0.3 is 6.09 Å².